The number of carbonyl (C=O) groups excluding carboxylic acids is 2. The van der Waals surface area contributed by atoms with Crippen LogP contribution in [0.1, 0.15) is 24.2 Å². The van der Waals surface area contributed by atoms with Gasteiger partial charge in [-0.15, -0.1) is 0 Å². The first kappa shape index (κ1) is 21.5. The standard InChI is InChI=1S/C23H22N6O2S/c1-15(2)27-22(31)17-10-6-7-11-19(17)28-20(30)13-32-23-18-12-26-29(21(18)24-14-25-23)16-8-4-3-5-9-16/h3-12,14-15H,13H2,1-2H3,(H,27,31)(H,28,30). The quantitative estimate of drug-likeness (QED) is 0.332. The molecule has 0 spiro atoms. The van der Waals surface area contributed by atoms with Crippen LogP contribution in [0.2, 0.25) is 0 Å². The first-order valence-electron chi connectivity index (χ1n) is 10.1. The lowest BCUT2D eigenvalue weighted by Crippen LogP contribution is -2.31. The van der Waals surface area contributed by atoms with Crippen LogP contribution in [-0.2, 0) is 4.79 Å². The summed E-state index contributed by atoms with van der Waals surface area (Å²) in [5.41, 5.74) is 2.46. The molecule has 0 fully saturated rings. The lowest BCUT2D eigenvalue weighted by atomic mass is 10.1. The van der Waals surface area contributed by atoms with Crippen molar-refractivity contribution in [2.45, 2.75) is 24.9 Å². The number of para-hydroxylation sites is 2. The van der Waals surface area contributed by atoms with E-state index in [9.17, 15) is 9.59 Å². The van der Waals surface area contributed by atoms with E-state index in [1.807, 2.05) is 44.2 Å². The molecule has 8 nitrogen and oxygen atoms in total. The normalized spacial score (nSPS) is 11.0. The van der Waals surface area contributed by atoms with Gasteiger partial charge >= 0.3 is 0 Å². The number of fused-ring (bicyclic) bond motifs is 1. The third-order valence-electron chi connectivity index (χ3n) is 4.54. The summed E-state index contributed by atoms with van der Waals surface area (Å²) in [4.78, 5) is 33.7. The molecule has 4 aromatic rings. The predicted molar refractivity (Wildman–Crippen MR) is 125 cm³/mol. The Bertz CT molecular complexity index is 1260. The maximum absolute atomic E-state index is 12.6. The zero-order chi connectivity index (χ0) is 22.5. The summed E-state index contributed by atoms with van der Waals surface area (Å²) in [6, 6.07) is 16.6. The van der Waals surface area contributed by atoms with Gasteiger partial charge in [-0.05, 0) is 38.1 Å². The van der Waals surface area contributed by atoms with Gasteiger partial charge in [0.2, 0.25) is 5.91 Å². The lowest BCUT2D eigenvalue weighted by molar-refractivity contribution is -0.113. The van der Waals surface area contributed by atoms with Crippen LogP contribution < -0.4 is 10.6 Å². The van der Waals surface area contributed by atoms with Crippen molar-refractivity contribution in [3.8, 4) is 5.69 Å². The number of nitrogens with one attached hydrogen (secondary N) is 2. The summed E-state index contributed by atoms with van der Waals surface area (Å²) in [5.74, 6) is -0.334. The highest BCUT2D eigenvalue weighted by Gasteiger charge is 2.16. The van der Waals surface area contributed by atoms with Gasteiger partial charge in [0.1, 0.15) is 11.4 Å². The number of hydrogen-bond acceptors (Lipinski definition) is 6. The molecule has 162 valence electrons. The smallest absolute Gasteiger partial charge is 0.253 e. The number of benzene rings is 2. The number of amides is 2. The molecule has 0 radical (unpaired) electrons. The Morgan fingerprint density at radius 3 is 2.56 bits per heavy atom. The molecule has 0 aliphatic rings. The van der Waals surface area contributed by atoms with Crippen molar-refractivity contribution >= 4 is 40.3 Å². The maximum atomic E-state index is 12.6. The van der Waals surface area contributed by atoms with Gasteiger partial charge in [-0.25, -0.2) is 14.6 Å². The van der Waals surface area contributed by atoms with E-state index in [0.717, 1.165) is 11.1 Å². The number of carbonyl (C=O) groups is 2. The average molecular weight is 447 g/mol. The van der Waals surface area contributed by atoms with E-state index in [1.165, 1.54) is 18.1 Å². The second-order valence-electron chi connectivity index (χ2n) is 7.32. The molecule has 0 aliphatic carbocycles. The summed E-state index contributed by atoms with van der Waals surface area (Å²) >= 11 is 1.29. The van der Waals surface area contributed by atoms with Crippen LogP contribution >= 0.6 is 11.8 Å². The van der Waals surface area contributed by atoms with Gasteiger partial charge in [-0.3, -0.25) is 9.59 Å². The molecule has 2 amide bonds. The Morgan fingerprint density at radius 1 is 1.03 bits per heavy atom. The Morgan fingerprint density at radius 2 is 1.78 bits per heavy atom. The monoisotopic (exact) mass is 446 g/mol. The molecule has 4 rings (SSSR count). The molecule has 0 unspecified atom stereocenters. The third kappa shape index (κ3) is 4.78. The second-order valence-corrected chi connectivity index (χ2v) is 8.28. The topological polar surface area (TPSA) is 102 Å². The maximum Gasteiger partial charge on any atom is 0.253 e. The van der Waals surface area contributed by atoms with E-state index in [1.54, 1.807) is 35.1 Å². The van der Waals surface area contributed by atoms with Crippen molar-refractivity contribution in [2.24, 2.45) is 0 Å². The van der Waals surface area contributed by atoms with Gasteiger partial charge < -0.3 is 10.6 Å². The fraction of sp³-hybridized carbons (Fsp3) is 0.174. The number of aromatic nitrogens is 4. The van der Waals surface area contributed by atoms with Crippen molar-refractivity contribution in [1.82, 2.24) is 25.1 Å². The largest absolute Gasteiger partial charge is 0.350 e. The number of rotatable bonds is 7. The van der Waals surface area contributed by atoms with Crippen molar-refractivity contribution in [1.29, 1.82) is 0 Å². The van der Waals surface area contributed by atoms with Gasteiger partial charge in [0.15, 0.2) is 5.65 Å². The van der Waals surface area contributed by atoms with Crippen LogP contribution in [0.3, 0.4) is 0 Å². The minimum atomic E-state index is -0.234. The van der Waals surface area contributed by atoms with Crippen molar-refractivity contribution in [3.05, 3.63) is 72.7 Å². The minimum Gasteiger partial charge on any atom is -0.350 e. The highest BCUT2D eigenvalue weighted by atomic mass is 32.2. The molecule has 0 bridgehead atoms. The van der Waals surface area contributed by atoms with Gasteiger partial charge in [-0.1, -0.05) is 42.1 Å². The Kier molecular flexibility index (Phi) is 6.46. The van der Waals surface area contributed by atoms with Crippen LogP contribution in [0.5, 0.6) is 0 Å². The van der Waals surface area contributed by atoms with Crippen molar-refractivity contribution in [2.75, 3.05) is 11.1 Å². The molecule has 2 aromatic carbocycles. The molecule has 2 N–H and O–H groups in total. The fourth-order valence-electron chi connectivity index (χ4n) is 3.15. The van der Waals surface area contributed by atoms with Gasteiger partial charge in [0.05, 0.1) is 34.3 Å². The van der Waals surface area contributed by atoms with Gasteiger partial charge in [0, 0.05) is 6.04 Å². The van der Waals surface area contributed by atoms with Gasteiger partial charge in [0.25, 0.3) is 5.91 Å². The van der Waals surface area contributed by atoms with Crippen molar-refractivity contribution in [3.63, 3.8) is 0 Å². The molecular formula is C23H22N6O2S. The molecule has 0 saturated heterocycles. The van der Waals surface area contributed by atoms with Crippen LogP contribution in [0.4, 0.5) is 5.69 Å². The highest BCUT2D eigenvalue weighted by Crippen LogP contribution is 2.26. The first-order valence-corrected chi connectivity index (χ1v) is 11.1. The Hall–Kier alpha value is -3.72. The summed E-state index contributed by atoms with van der Waals surface area (Å²) in [6.45, 7) is 3.77. The summed E-state index contributed by atoms with van der Waals surface area (Å²) in [5, 5.41) is 11.5. The average Bonchev–Trinajstić information content (AvgIpc) is 3.23. The van der Waals surface area contributed by atoms with E-state index in [0.29, 0.717) is 21.9 Å². The van der Waals surface area contributed by atoms with Gasteiger partial charge in [-0.2, -0.15) is 5.10 Å². The van der Waals surface area contributed by atoms with Crippen LogP contribution in [0.25, 0.3) is 16.7 Å². The molecular weight excluding hydrogens is 424 g/mol. The van der Waals surface area contributed by atoms with Crippen molar-refractivity contribution < 1.29 is 9.59 Å². The predicted octanol–water partition coefficient (Wildman–Crippen LogP) is 3.68. The molecule has 0 aliphatic heterocycles. The minimum absolute atomic E-state index is 0.00112. The fourth-order valence-corrected chi connectivity index (χ4v) is 3.91. The number of thioether (sulfide) groups is 1. The molecule has 2 aromatic heterocycles. The third-order valence-corrected chi connectivity index (χ3v) is 5.54. The highest BCUT2D eigenvalue weighted by molar-refractivity contribution is 8.00. The van der Waals surface area contributed by atoms with Crippen LogP contribution in [0, 0.1) is 0 Å². The number of anilines is 1. The summed E-state index contributed by atoms with van der Waals surface area (Å²) < 4.78 is 1.74. The summed E-state index contributed by atoms with van der Waals surface area (Å²) in [6.07, 6.45) is 3.17. The van der Waals surface area contributed by atoms with E-state index < -0.39 is 0 Å². The molecule has 9 heteroatoms. The first-order chi connectivity index (χ1) is 15.5. The second kappa shape index (κ2) is 9.61. The number of hydrogen-bond donors (Lipinski definition) is 2. The molecule has 0 atom stereocenters. The zero-order valence-electron chi connectivity index (χ0n) is 17.6. The Labute approximate surface area is 189 Å². The molecule has 32 heavy (non-hydrogen) atoms. The van der Waals surface area contributed by atoms with E-state index in [4.69, 9.17) is 0 Å². The van der Waals surface area contributed by atoms with E-state index in [-0.39, 0.29) is 23.6 Å². The number of nitrogens with zero attached hydrogens (tertiary/aromatic N) is 4. The molecule has 2 heterocycles. The van der Waals surface area contributed by atoms with E-state index >= 15 is 0 Å². The Balaban J connectivity index is 1.48. The van der Waals surface area contributed by atoms with Crippen LogP contribution in [-0.4, -0.2) is 43.4 Å². The zero-order valence-corrected chi connectivity index (χ0v) is 18.5. The summed E-state index contributed by atoms with van der Waals surface area (Å²) in [7, 11) is 0. The van der Waals surface area contributed by atoms with Crippen LogP contribution in [0.15, 0.2) is 72.1 Å². The lowest BCUT2D eigenvalue weighted by Gasteiger charge is -2.13. The SMILES string of the molecule is CC(C)NC(=O)c1ccccc1NC(=O)CSc1ncnc2c1cnn2-c1ccccc1. The van der Waals surface area contributed by atoms with E-state index in [2.05, 4.69) is 25.7 Å². The molecule has 0 saturated carbocycles.